The highest BCUT2D eigenvalue weighted by atomic mass is 32.2. The Kier molecular flexibility index (Phi) is 4.21. The lowest BCUT2D eigenvalue weighted by molar-refractivity contribution is -0.137. The van der Waals surface area contributed by atoms with Crippen molar-refractivity contribution in [3.05, 3.63) is 22.9 Å². The largest absolute Gasteiger partial charge is 0.468 e. The average molecular weight is 262 g/mol. The van der Waals surface area contributed by atoms with Gasteiger partial charge in [0.1, 0.15) is 11.1 Å². The number of ether oxygens (including phenoxy) is 1. The molecule has 0 saturated heterocycles. The molecule has 0 radical (unpaired) electrons. The van der Waals surface area contributed by atoms with E-state index in [9.17, 15) is 4.79 Å². The molecule has 1 aliphatic carbocycles. The van der Waals surface area contributed by atoms with Crippen LogP contribution in [0.2, 0.25) is 0 Å². The first kappa shape index (κ1) is 12.9. The molecule has 0 spiro atoms. The number of aromatic nitrogens is 1. The fourth-order valence-electron chi connectivity index (χ4n) is 1.99. The summed E-state index contributed by atoms with van der Waals surface area (Å²) < 4.78 is 4.59. The van der Waals surface area contributed by atoms with E-state index in [2.05, 4.69) is 15.8 Å². The molecule has 2 rings (SSSR count). The molecule has 5 heteroatoms. The number of methoxy groups -OCH3 is 1. The predicted molar refractivity (Wildman–Crippen MR) is 68.3 cm³/mol. The van der Waals surface area contributed by atoms with Crippen LogP contribution >= 0.6 is 11.8 Å². The van der Waals surface area contributed by atoms with Crippen LogP contribution in [0.4, 0.5) is 0 Å². The molecular weight excluding hydrogens is 248 g/mol. The SMILES string of the molecule is COC(=O)CSc1nc2c(cc1C#N)CCCC2. The zero-order chi connectivity index (χ0) is 13.0. The average Bonchev–Trinajstić information content (AvgIpc) is 2.43. The predicted octanol–water partition coefficient (Wildman–Crippen LogP) is 2.10. The number of rotatable bonds is 3. The number of nitriles is 1. The van der Waals surface area contributed by atoms with Crippen LogP contribution < -0.4 is 0 Å². The van der Waals surface area contributed by atoms with Gasteiger partial charge < -0.3 is 4.74 Å². The van der Waals surface area contributed by atoms with Crippen molar-refractivity contribution in [1.82, 2.24) is 4.98 Å². The second-order valence-corrected chi connectivity index (χ2v) is 5.09. The third-order valence-corrected chi connectivity index (χ3v) is 3.91. The van der Waals surface area contributed by atoms with Crippen LogP contribution in [-0.2, 0) is 22.4 Å². The van der Waals surface area contributed by atoms with Gasteiger partial charge in [-0.3, -0.25) is 4.79 Å². The quantitative estimate of drug-likeness (QED) is 0.616. The number of hydrogen-bond acceptors (Lipinski definition) is 5. The highest BCUT2D eigenvalue weighted by Gasteiger charge is 2.16. The van der Waals surface area contributed by atoms with Crippen LogP contribution in [0.25, 0.3) is 0 Å². The number of hydrogen-bond donors (Lipinski definition) is 0. The monoisotopic (exact) mass is 262 g/mol. The second kappa shape index (κ2) is 5.87. The van der Waals surface area contributed by atoms with E-state index in [1.807, 2.05) is 6.07 Å². The molecule has 0 bridgehead atoms. The first-order chi connectivity index (χ1) is 8.74. The number of carbonyl (C=O) groups excluding carboxylic acids is 1. The first-order valence-electron chi connectivity index (χ1n) is 5.87. The molecule has 0 aromatic carbocycles. The number of nitrogens with zero attached hydrogens (tertiary/aromatic N) is 2. The van der Waals surface area contributed by atoms with Gasteiger partial charge in [-0.2, -0.15) is 5.26 Å². The van der Waals surface area contributed by atoms with Gasteiger partial charge in [0.15, 0.2) is 0 Å². The summed E-state index contributed by atoms with van der Waals surface area (Å²) in [6.45, 7) is 0. The smallest absolute Gasteiger partial charge is 0.316 e. The number of fused-ring (bicyclic) bond motifs is 1. The minimum atomic E-state index is -0.302. The lowest BCUT2D eigenvalue weighted by atomic mass is 9.95. The lowest BCUT2D eigenvalue weighted by Crippen LogP contribution is -2.09. The fourth-order valence-corrected chi connectivity index (χ4v) is 2.80. The molecule has 18 heavy (non-hydrogen) atoms. The molecule has 0 amide bonds. The molecule has 1 aromatic heterocycles. The molecule has 0 N–H and O–H groups in total. The molecule has 0 unspecified atom stereocenters. The Morgan fingerprint density at radius 2 is 2.33 bits per heavy atom. The molecule has 94 valence electrons. The summed E-state index contributed by atoms with van der Waals surface area (Å²) in [6, 6.07) is 4.07. The molecule has 0 aliphatic heterocycles. The minimum absolute atomic E-state index is 0.191. The molecule has 1 aliphatic rings. The Labute approximate surface area is 110 Å². The molecular formula is C13H14N2O2S. The van der Waals surface area contributed by atoms with Crippen LogP contribution in [0.15, 0.2) is 11.1 Å². The second-order valence-electron chi connectivity index (χ2n) is 4.13. The number of aryl methyl sites for hydroxylation is 2. The Morgan fingerprint density at radius 1 is 1.56 bits per heavy atom. The van der Waals surface area contributed by atoms with Gasteiger partial charge in [0.2, 0.25) is 0 Å². The summed E-state index contributed by atoms with van der Waals surface area (Å²) in [5, 5.41) is 9.77. The zero-order valence-electron chi connectivity index (χ0n) is 10.2. The van der Waals surface area contributed by atoms with E-state index in [1.54, 1.807) is 0 Å². The van der Waals surface area contributed by atoms with Crippen molar-refractivity contribution >= 4 is 17.7 Å². The van der Waals surface area contributed by atoms with Gasteiger partial charge in [-0.05, 0) is 37.3 Å². The van der Waals surface area contributed by atoms with Crippen LogP contribution in [0.5, 0.6) is 0 Å². The highest BCUT2D eigenvalue weighted by Crippen LogP contribution is 2.27. The summed E-state index contributed by atoms with van der Waals surface area (Å²) in [7, 11) is 1.36. The molecule has 1 aromatic rings. The van der Waals surface area contributed by atoms with Gasteiger partial charge in [-0.1, -0.05) is 11.8 Å². The van der Waals surface area contributed by atoms with Crippen LogP contribution in [-0.4, -0.2) is 23.8 Å². The Morgan fingerprint density at radius 3 is 3.06 bits per heavy atom. The van der Waals surface area contributed by atoms with Crippen LogP contribution in [0.1, 0.15) is 29.7 Å². The topological polar surface area (TPSA) is 63.0 Å². The Bertz CT molecular complexity index is 508. The van der Waals surface area contributed by atoms with Crippen LogP contribution in [0.3, 0.4) is 0 Å². The van der Waals surface area contributed by atoms with Gasteiger partial charge in [0.25, 0.3) is 0 Å². The van der Waals surface area contributed by atoms with E-state index in [0.29, 0.717) is 10.6 Å². The van der Waals surface area contributed by atoms with E-state index in [-0.39, 0.29) is 11.7 Å². The van der Waals surface area contributed by atoms with E-state index in [4.69, 9.17) is 5.26 Å². The third-order valence-electron chi connectivity index (χ3n) is 2.94. The number of carbonyl (C=O) groups is 1. The van der Waals surface area contributed by atoms with Gasteiger partial charge in [-0.15, -0.1) is 0 Å². The van der Waals surface area contributed by atoms with Crippen molar-refractivity contribution in [3.63, 3.8) is 0 Å². The molecule has 1 heterocycles. The van der Waals surface area contributed by atoms with Crippen LogP contribution in [0, 0.1) is 11.3 Å². The minimum Gasteiger partial charge on any atom is -0.468 e. The number of thioether (sulfide) groups is 1. The molecule has 0 saturated carbocycles. The third kappa shape index (κ3) is 2.82. The highest BCUT2D eigenvalue weighted by molar-refractivity contribution is 7.99. The van der Waals surface area contributed by atoms with Crippen molar-refractivity contribution in [2.45, 2.75) is 30.7 Å². The Balaban J connectivity index is 2.23. The van der Waals surface area contributed by atoms with Gasteiger partial charge >= 0.3 is 5.97 Å². The van der Waals surface area contributed by atoms with Gasteiger partial charge in [0, 0.05) is 5.69 Å². The normalized spacial score (nSPS) is 13.6. The van der Waals surface area contributed by atoms with Crippen molar-refractivity contribution in [1.29, 1.82) is 5.26 Å². The maximum absolute atomic E-state index is 11.1. The Hall–Kier alpha value is -1.54. The zero-order valence-corrected chi connectivity index (χ0v) is 11.0. The standard InChI is InChI=1S/C13H14N2O2S/c1-17-12(16)8-18-13-10(7-14)6-9-4-2-3-5-11(9)15-13/h6H,2-5,8H2,1H3. The van der Waals surface area contributed by atoms with E-state index < -0.39 is 0 Å². The maximum Gasteiger partial charge on any atom is 0.316 e. The number of pyridine rings is 1. The molecule has 0 atom stereocenters. The van der Waals surface area contributed by atoms with E-state index >= 15 is 0 Å². The summed E-state index contributed by atoms with van der Waals surface area (Å²) in [5.74, 6) is -0.111. The van der Waals surface area contributed by atoms with Crippen molar-refractivity contribution in [2.75, 3.05) is 12.9 Å². The van der Waals surface area contributed by atoms with Gasteiger partial charge in [0.05, 0.1) is 18.4 Å². The molecule has 0 fully saturated rings. The first-order valence-corrected chi connectivity index (χ1v) is 6.85. The summed E-state index contributed by atoms with van der Waals surface area (Å²) >= 11 is 1.27. The van der Waals surface area contributed by atoms with Crippen molar-refractivity contribution in [3.8, 4) is 6.07 Å². The van der Waals surface area contributed by atoms with Gasteiger partial charge in [-0.25, -0.2) is 4.98 Å². The lowest BCUT2D eigenvalue weighted by Gasteiger charge is -2.16. The van der Waals surface area contributed by atoms with E-state index in [1.165, 1.54) is 24.4 Å². The number of esters is 1. The van der Waals surface area contributed by atoms with E-state index in [0.717, 1.165) is 31.4 Å². The summed E-state index contributed by atoms with van der Waals surface area (Å²) in [6.07, 6.45) is 4.27. The molecule has 4 nitrogen and oxygen atoms in total. The maximum atomic E-state index is 11.1. The van der Waals surface area contributed by atoms with Crippen molar-refractivity contribution < 1.29 is 9.53 Å². The fraction of sp³-hybridized carbons (Fsp3) is 0.462. The summed E-state index contributed by atoms with van der Waals surface area (Å²) in [5.41, 5.74) is 2.82. The summed E-state index contributed by atoms with van der Waals surface area (Å²) in [4.78, 5) is 15.6. The van der Waals surface area contributed by atoms with Crippen molar-refractivity contribution in [2.24, 2.45) is 0 Å².